The molecule has 1 aliphatic carbocycles. The predicted octanol–water partition coefficient (Wildman–Crippen LogP) is 7.59. The van der Waals surface area contributed by atoms with Crippen LogP contribution < -0.4 is 19.1 Å². The molecule has 3 heterocycles. The molecular formula is C39H36F2N4O4. The molecule has 1 atom stereocenters. The molecule has 1 fully saturated rings. The van der Waals surface area contributed by atoms with Gasteiger partial charge in [0.1, 0.15) is 5.75 Å². The van der Waals surface area contributed by atoms with E-state index in [-0.39, 0.29) is 11.2 Å². The Hall–Kier alpha value is -5.09. The van der Waals surface area contributed by atoms with Gasteiger partial charge in [0, 0.05) is 40.7 Å². The zero-order valence-electron chi connectivity index (χ0n) is 27.8. The number of morpholine rings is 1. The average molecular weight is 663 g/mol. The fraction of sp³-hybridized carbons (Fsp3) is 0.308. The minimum absolute atomic E-state index is 0.201. The van der Waals surface area contributed by atoms with Crippen LogP contribution in [0.15, 0.2) is 66.7 Å². The number of anilines is 1. The Morgan fingerprint density at radius 1 is 0.837 bits per heavy atom. The highest BCUT2D eigenvalue weighted by atomic mass is 19.1. The van der Waals surface area contributed by atoms with Crippen molar-refractivity contribution in [3.63, 3.8) is 0 Å². The van der Waals surface area contributed by atoms with E-state index in [1.807, 2.05) is 48.6 Å². The lowest BCUT2D eigenvalue weighted by atomic mass is 9.71. The van der Waals surface area contributed by atoms with Crippen LogP contribution in [0.2, 0.25) is 0 Å². The molecule has 0 N–H and O–H groups in total. The Morgan fingerprint density at radius 2 is 1.49 bits per heavy atom. The Morgan fingerprint density at radius 3 is 2.14 bits per heavy atom. The summed E-state index contributed by atoms with van der Waals surface area (Å²) in [5.41, 5.74) is 5.27. The first-order chi connectivity index (χ1) is 23.9. The molecule has 0 amide bonds. The molecule has 8 rings (SSSR count). The third-order valence-electron chi connectivity index (χ3n) is 10.5. The Bertz CT molecular complexity index is 2110. The Balaban J connectivity index is 1.43. The Labute approximate surface area is 283 Å². The molecule has 4 aromatic carbocycles. The lowest BCUT2D eigenvalue weighted by Crippen LogP contribution is -2.38. The number of aromatic nitrogens is 3. The second-order valence-corrected chi connectivity index (χ2v) is 12.6. The summed E-state index contributed by atoms with van der Waals surface area (Å²) in [7, 11) is 3.21. The van der Waals surface area contributed by atoms with E-state index in [0.717, 1.165) is 64.6 Å². The van der Waals surface area contributed by atoms with Crippen molar-refractivity contribution in [2.75, 3.05) is 45.4 Å². The SMILES string of the molecule is CCC1(CC)c2ccccc2-c2c1c1c(c3cc(OC)c(OC)cc23)OC(c2ccc(N3CCOCC3)cc2)(c2nc(F)nc(F)n2)C=C1. The Kier molecular flexibility index (Phi) is 7.51. The normalized spacial score (nSPS) is 18.9. The van der Waals surface area contributed by atoms with E-state index in [1.54, 1.807) is 14.2 Å². The summed E-state index contributed by atoms with van der Waals surface area (Å²) in [6.45, 7) is 7.24. The second kappa shape index (κ2) is 11.8. The van der Waals surface area contributed by atoms with E-state index in [0.29, 0.717) is 36.0 Å². The third-order valence-corrected chi connectivity index (χ3v) is 10.5. The topological polar surface area (TPSA) is 78.8 Å². The van der Waals surface area contributed by atoms with Crippen LogP contribution in [-0.2, 0) is 15.8 Å². The van der Waals surface area contributed by atoms with E-state index >= 15 is 0 Å². The van der Waals surface area contributed by atoms with Crippen molar-refractivity contribution in [1.29, 1.82) is 0 Å². The van der Waals surface area contributed by atoms with E-state index < -0.39 is 17.8 Å². The van der Waals surface area contributed by atoms with Crippen LogP contribution in [0.1, 0.15) is 54.8 Å². The number of benzene rings is 4. The maximum atomic E-state index is 14.8. The van der Waals surface area contributed by atoms with Crippen LogP contribution in [-0.4, -0.2) is 55.5 Å². The summed E-state index contributed by atoms with van der Waals surface area (Å²) in [4.78, 5) is 13.5. The van der Waals surface area contributed by atoms with Crippen molar-refractivity contribution in [2.45, 2.75) is 37.7 Å². The minimum atomic E-state index is -1.60. The number of ether oxygens (including phenoxy) is 4. The molecule has 10 heteroatoms. The second-order valence-electron chi connectivity index (χ2n) is 12.6. The predicted molar refractivity (Wildman–Crippen MR) is 184 cm³/mol. The first-order valence-electron chi connectivity index (χ1n) is 16.6. The van der Waals surface area contributed by atoms with E-state index in [4.69, 9.17) is 18.9 Å². The molecular weight excluding hydrogens is 626 g/mol. The molecule has 5 aromatic rings. The van der Waals surface area contributed by atoms with Crippen molar-refractivity contribution in [1.82, 2.24) is 15.0 Å². The largest absolute Gasteiger partial charge is 0.493 e. The monoisotopic (exact) mass is 662 g/mol. The van der Waals surface area contributed by atoms with Gasteiger partial charge >= 0.3 is 12.2 Å². The number of halogens is 2. The number of nitrogens with zero attached hydrogens (tertiary/aromatic N) is 4. The molecule has 49 heavy (non-hydrogen) atoms. The van der Waals surface area contributed by atoms with Gasteiger partial charge in [0.2, 0.25) is 5.60 Å². The van der Waals surface area contributed by atoms with Gasteiger partial charge in [-0.3, -0.25) is 0 Å². The molecule has 1 saturated heterocycles. The highest BCUT2D eigenvalue weighted by molar-refractivity contribution is 6.09. The standard InChI is InChI=1S/C39H36F2N4O4/c1-5-38(6-2)29-10-8-7-9-25(29)32-27-21-30(46-3)31(47-4)22-28(27)34-26(33(32)38)15-16-39(49-34,35-42-36(40)44-37(41)43-35)23-11-13-24(14-12-23)45-17-19-48-20-18-45/h7-16,21-22H,5-6,17-20H2,1-4H3. The molecule has 0 spiro atoms. The quantitative estimate of drug-likeness (QED) is 0.176. The van der Waals surface area contributed by atoms with Gasteiger partial charge in [-0.2, -0.15) is 23.7 Å². The van der Waals surface area contributed by atoms with Crippen molar-refractivity contribution >= 4 is 22.5 Å². The van der Waals surface area contributed by atoms with Gasteiger partial charge in [0.25, 0.3) is 0 Å². The first-order valence-corrected chi connectivity index (χ1v) is 16.6. The molecule has 3 aliphatic rings. The zero-order valence-corrected chi connectivity index (χ0v) is 27.8. The van der Waals surface area contributed by atoms with Crippen LogP contribution in [0.5, 0.6) is 17.2 Å². The maximum Gasteiger partial charge on any atom is 0.314 e. The zero-order chi connectivity index (χ0) is 33.9. The summed E-state index contributed by atoms with van der Waals surface area (Å²) < 4.78 is 53.9. The van der Waals surface area contributed by atoms with Crippen molar-refractivity contribution in [3.8, 4) is 28.4 Å². The number of hydrogen-bond acceptors (Lipinski definition) is 8. The summed E-state index contributed by atoms with van der Waals surface area (Å²) in [5.74, 6) is 1.44. The van der Waals surface area contributed by atoms with Gasteiger partial charge in [0.05, 0.1) is 27.4 Å². The van der Waals surface area contributed by atoms with Crippen LogP contribution in [0.4, 0.5) is 14.5 Å². The summed E-state index contributed by atoms with van der Waals surface area (Å²) in [6.07, 6.45) is 3.07. The molecule has 1 aromatic heterocycles. The van der Waals surface area contributed by atoms with Gasteiger partial charge in [0.15, 0.2) is 17.3 Å². The maximum absolute atomic E-state index is 14.8. The fourth-order valence-electron chi connectivity index (χ4n) is 8.12. The fourth-order valence-corrected chi connectivity index (χ4v) is 8.12. The molecule has 0 saturated carbocycles. The van der Waals surface area contributed by atoms with Gasteiger partial charge < -0.3 is 23.8 Å². The average Bonchev–Trinajstić information content (AvgIpc) is 3.45. The molecule has 250 valence electrons. The highest BCUT2D eigenvalue weighted by Crippen LogP contribution is 2.61. The number of rotatable bonds is 7. The van der Waals surface area contributed by atoms with Crippen LogP contribution in [0.3, 0.4) is 0 Å². The summed E-state index contributed by atoms with van der Waals surface area (Å²) in [5, 5.41) is 1.68. The molecule has 0 bridgehead atoms. The number of methoxy groups -OCH3 is 2. The highest BCUT2D eigenvalue weighted by Gasteiger charge is 2.48. The van der Waals surface area contributed by atoms with Crippen molar-refractivity contribution in [2.24, 2.45) is 0 Å². The third kappa shape index (κ3) is 4.60. The minimum Gasteiger partial charge on any atom is -0.493 e. The van der Waals surface area contributed by atoms with Gasteiger partial charge in [-0.25, -0.2) is 0 Å². The molecule has 0 radical (unpaired) electrons. The molecule has 8 nitrogen and oxygen atoms in total. The summed E-state index contributed by atoms with van der Waals surface area (Å²) >= 11 is 0. The van der Waals surface area contributed by atoms with Crippen molar-refractivity contribution in [3.05, 3.63) is 107 Å². The lowest BCUT2D eigenvalue weighted by Gasteiger charge is -2.38. The van der Waals surface area contributed by atoms with Gasteiger partial charge in [-0.15, -0.1) is 0 Å². The number of hydrogen-bond donors (Lipinski definition) is 0. The smallest absolute Gasteiger partial charge is 0.314 e. The van der Waals surface area contributed by atoms with Gasteiger partial charge in [-0.05, 0) is 70.8 Å². The first kappa shape index (κ1) is 31.2. The molecule has 2 aliphatic heterocycles. The van der Waals surface area contributed by atoms with Gasteiger partial charge in [-0.1, -0.05) is 56.3 Å². The van der Waals surface area contributed by atoms with E-state index in [9.17, 15) is 8.78 Å². The number of fused-ring (bicyclic) bond motifs is 8. The summed E-state index contributed by atoms with van der Waals surface area (Å²) in [6, 6.07) is 20.2. The molecule has 1 unspecified atom stereocenters. The lowest BCUT2D eigenvalue weighted by molar-refractivity contribution is 0.122. The van der Waals surface area contributed by atoms with Crippen LogP contribution >= 0.6 is 0 Å². The van der Waals surface area contributed by atoms with E-state index in [1.165, 1.54) is 5.56 Å². The van der Waals surface area contributed by atoms with Crippen LogP contribution in [0.25, 0.3) is 28.0 Å². The van der Waals surface area contributed by atoms with Crippen LogP contribution in [0, 0.1) is 12.2 Å². The van der Waals surface area contributed by atoms with Crippen molar-refractivity contribution < 1.29 is 27.7 Å². The van der Waals surface area contributed by atoms with E-state index in [2.05, 4.69) is 58.0 Å².